The van der Waals surface area contributed by atoms with Crippen molar-refractivity contribution in [3.8, 4) is 11.1 Å². The molecule has 4 nitrogen and oxygen atoms in total. The first-order valence-corrected chi connectivity index (χ1v) is 9.19. The van der Waals surface area contributed by atoms with Gasteiger partial charge < -0.3 is 14.3 Å². The van der Waals surface area contributed by atoms with Crippen LogP contribution < -0.4 is 0 Å². The zero-order valence-electron chi connectivity index (χ0n) is 15.5. The molecule has 0 radical (unpaired) electrons. The molecule has 0 aliphatic heterocycles. The molecule has 0 spiro atoms. The van der Waals surface area contributed by atoms with Crippen LogP contribution in [0.5, 0.6) is 0 Å². The van der Waals surface area contributed by atoms with Gasteiger partial charge in [0.2, 0.25) is 0 Å². The maximum absolute atomic E-state index is 12.5. The molecule has 28 heavy (non-hydrogen) atoms. The van der Waals surface area contributed by atoms with Crippen molar-refractivity contribution in [1.82, 2.24) is 0 Å². The normalized spacial score (nSPS) is 14.5. The van der Waals surface area contributed by atoms with Crippen LogP contribution in [0.25, 0.3) is 11.1 Å². The van der Waals surface area contributed by atoms with Crippen LogP contribution in [0.15, 0.2) is 78.9 Å². The highest BCUT2D eigenvalue weighted by atomic mass is 16.7. The van der Waals surface area contributed by atoms with E-state index in [1.54, 1.807) is 0 Å². The summed E-state index contributed by atoms with van der Waals surface area (Å²) in [5, 5.41) is 0. The Bertz CT molecular complexity index is 964. The summed E-state index contributed by atoms with van der Waals surface area (Å²) in [4.78, 5) is 23.9. The molecule has 3 aromatic carbocycles. The Balaban J connectivity index is 1.54. The lowest BCUT2D eigenvalue weighted by atomic mass is 9.93. The van der Waals surface area contributed by atoms with Gasteiger partial charge in [0.25, 0.3) is 0 Å². The number of benzene rings is 3. The third kappa shape index (κ3) is 3.07. The number of aldehydes is 1. The predicted octanol–water partition coefficient (Wildman–Crippen LogP) is 5.07. The predicted molar refractivity (Wildman–Crippen MR) is 106 cm³/mol. The fourth-order valence-corrected chi connectivity index (χ4v) is 3.79. The van der Waals surface area contributed by atoms with Gasteiger partial charge in [-0.15, -0.1) is 0 Å². The maximum Gasteiger partial charge on any atom is 0.509 e. The SMILES string of the molecule is CC1(OC(=O)OCC(C=O)c2ccccc2)c2ccccc2-c2ccccc21. The quantitative estimate of drug-likeness (QED) is 0.464. The van der Waals surface area contributed by atoms with E-state index in [1.165, 1.54) is 0 Å². The van der Waals surface area contributed by atoms with Gasteiger partial charge in [-0.25, -0.2) is 4.79 Å². The standard InChI is InChI=1S/C24H20O4/c1-24(21-13-7-5-11-19(21)20-12-6-8-14-22(20)24)28-23(26)27-16-18(15-25)17-9-3-2-4-10-17/h2-15,18H,16H2,1H3. The Morgan fingerprint density at radius 2 is 1.43 bits per heavy atom. The van der Waals surface area contributed by atoms with E-state index >= 15 is 0 Å². The van der Waals surface area contributed by atoms with E-state index in [1.807, 2.05) is 85.8 Å². The van der Waals surface area contributed by atoms with Gasteiger partial charge in [0.15, 0.2) is 5.60 Å². The van der Waals surface area contributed by atoms with Gasteiger partial charge >= 0.3 is 6.16 Å². The molecule has 0 fully saturated rings. The molecule has 0 bridgehead atoms. The van der Waals surface area contributed by atoms with Crippen LogP contribution >= 0.6 is 0 Å². The molecule has 1 aliphatic rings. The van der Waals surface area contributed by atoms with Crippen LogP contribution in [0.2, 0.25) is 0 Å². The van der Waals surface area contributed by atoms with Gasteiger partial charge in [0, 0.05) is 11.1 Å². The van der Waals surface area contributed by atoms with Crippen molar-refractivity contribution in [2.75, 3.05) is 6.61 Å². The minimum Gasteiger partial charge on any atom is -0.433 e. The van der Waals surface area contributed by atoms with Gasteiger partial charge in [0.1, 0.15) is 12.9 Å². The first-order valence-electron chi connectivity index (χ1n) is 9.19. The molecule has 1 atom stereocenters. The Morgan fingerprint density at radius 1 is 0.893 bits per heavy atom. The average Bonchev–Trinajstić information content (AvgIpc) is 2.98. The first-order chi connectivity index (χ1) is 13.6. The van der Waals surface area contributed by atoms with Crippen molar-refractivity contribution in [1.29, 1.82) is 0 Å². The van der Waals surface area contributed by atoms with Crippen LogP contribution in [-0.2, 0) is 19.9 Å². The molecule has 1 unspecified atom stereocenters. The lowest BCUT2D eigenvalue weighted by Gasteiger charge is -2.27. The molecule has 0 heterocycles. The second-order valence-corrected chi connectivity index (χ2v) is 6.94. The zero-order valence-corrected chi connectivity index (χ0v) is 15.5. The smallest absolute Gasteiger partial charge is 0.433 e. The van der Waals surface area contributed by atoms with E-state index < -0.39 is 17.7 Å². The summed E-state index contributed by atoms with van der Waals surface area (Å²) in [7, 11) is 0. The summed E-state index contributed by atoms with van der Waals surface area (Å²) in [5.74, 6) is -0.523. The zero-order chi connectivity index (χ0) is 19.6. The van der Waals surface area contributed by atoms with Gasteiger partial charge in [-0.1, -0.05) is 78.9 Å². The second kappa shape index (κ2) is 7.31. The maximum atomic E-state index is 12.5. The molecule has 4 heteroatoms. The summed E-state index contributed by atoms with van der Waals surface area (Å²) in [5.41, 5.74) is 3.79. The number of carbonyl (C=O) groups excluding carboxylic acids is 2. The summed E-state index contributed by atoms with van der Waals surface area (Å²) in [6, 6.07) is 25.0. The first kappa shape index (κ1) is 18.0. The van der Waals surface area contributed by atoms with E-state index in [-0.39, 0.29) is 6.61 Å². The Hall–Kier alpha value is -3.40. The summed E-state index contributed by atoms with van der Waals surface area (Å²) in [6.07, 6.45) is -0.0124. The van der Waals surface area contributed by atoms with Crippen molar-refractivity contribution in [2.45, 2.75) is 18.4 Å². The van der Waals surface area contributed by atoms with Crippen molar-refractivity contribution >= 4 is 12.4 Å². The molecule has 0 aromatic heterocycles. The highest BCUT2D eigenvalue weighted by Gasteiger charge is 2.43. The van der Waals surface area contributed by atoms with Crippen LogP contribution in [0.3, 0.4) is 0 Å². The molecular formula is C24H20O4. The number of rotatable bonds is 5. The molecular weight excluding hydrogens is 352 g/mol. The molecule has 0 saturated carbocycles. The van der Waals surface area contributed by atoms with Crippen LogP contribution in [0.1, 0.15) is 29.5 Å². The fraction of sp³-hybridized carbons (Fsp3) is 0.167. The van der Waals surface area contributed by atoms with E-state index in [9.17, 15) is 9.59 Å². The summed E-state index contributed by atoms with van der Waals surface area (Å²) < 4.78 is 11.1. The number of ether oxygens (including phenoxy) is 2. The van der Waals surface area contributed by atoms with Crippen LogP contribution in [0, 0.1) is 0 Å². The lowest BCUT2D eigenvalue weighted by molar-refractivity contribution is -0.110. The molecule has 4 rings (SSSR count). The summed E-state index contributed by atoms with van der Waals surface area (Å²) in [6.45, 7) is 1.80. The van der Waals surface area contributed by atoms with Crippen molar-refractivity contribution in [3.63, 3.8) is 0 Å². The topological polar surface area (TPSA) is 52.6 Å². The van der Waals surface area contributed by atoms with E-state index in [4.69, 9.17) is 9.47 Å². The molecule has 1 aliphatic carbocycles. The highest BCUT2D eigenvalue weighted by molar-refractivity contribution is 5.81. The molecule has 0 amide bonds. The Kier molecular flexibility index (Phi) is 4.70. The molecule has 0 saturated heterocycles. The minimum atomic E-state index is -0.937. The largest absolute Gasteiger partial charge is 0.509 e. The highest BCUT2D eigenvalue weighted by Crippen LogP contribution is 2.49. The van der Waals surface area contributed by atoms with Gasteiger partial charge in [-0.05, 0) is 23.6 Å². The van der Waals surface area contributed by atoms with Crippen LogP contribution in [0.4, 0.5) is 4.79 Å². The van der Waals surface area contributed by atoms with Crippen LogP contribution in [-0.4, -0.2) is 19.0 Å². The monoisotopic (exact) mass is 372 g/mol. The number of fused-ring (bicyclic) bond motifs is 3. The number of hydrogen-bond acceptors (Lipinski definition) is 4. The second-order valence-electron chi connectivity index (χ2n) is 6.94. The third-order valence-electron chi connectivity index (χ3n) is 5.23. The van der Waals surface area contributed by atoms with Crippen molar-refractivity contribution in [3.05, 3.63) is 95.6 Å². The van der Waals surface area contributed by atoms with Crippen molar-refractivity contribution < 1.29 is 19.1 Å². The Labute approximate surface area is 163 Å². The third-order valence-corrected chi connectivity index (χ3v) is 5.23. The average molecular weight is 372 g/mol. The lowest BCUT2D eigenvalue weighted by Crippen LogP contribution is -2.29. The number of carbonyl (C=O) groups is 2. The molecule has 140 valence electrons. The van der Waals surface area contributed by atoms with E-state index in [0.717, 1.165) is 34.1 Å². The van der Waals surface area contributed by atoms with Crippen molar-refractivity contribution in [2.24, 2.45) is 0 Å². The molecule has 3 aromatic rings. The van der Waals surface area contributed by atoms with E-state index in [0.29, 0.717) is 0 Å². The van der Waals surface area contributed by atoms with Gasteiger partial charge in [0.05, 0.1) is 5.92 Å². The molecule has 0 N–H and O–H groups in total. The minimum absolute atomic E-state index is 0.0638. The summed E-state index contributed by atoms with van der Waals surface area (Å²) >= 11 is 0. The Morgan fingerprint density at radius 3 is 2.00 bits per heavy atom. The van der Waals surface area contributed by atoms with Gasteiger partial charge in [-0.2, -0.15) is 0 Å². The van der Waals surface area contributed by atoms with E-state index in [2.05, 4.69) is 0 Å². The number of hydrogen-bond donors (Lipinski definition) is 0. The van der Waals surface area contributed by atoms with Gasteiger partial charge in [-0.3, -0.25) is 0 Å². The fourth-order valence-electron chi connectivity index (χ4n) is 3.79.